The summed E-state index contributed by atoms with van der Waals surface area (Å²) in [4.78, 5) is 16.6. The average molecular weight is 341 g/mol. The normalized spacial score (nSPS) is 18.1. The summed E-state index contributed by atoms with van der Waals surface area (Å²) in [5.41, 5.74) is 0.724. The van der Waals surface area contributed by atoms with Crippen molar-refractivity contribution in [3.05, 3.63) is 34.3 Å². The molecule has 1 N–H and O–H groups in total. The first-order valence-corrected chi connectivity index (χ1v) is 7.84. The van der Waals surface area contributed by atoms with Gasteiger partial charge in [0, 0.05) is 42.3 Å². The number of nitrogens with zero attached hydrogens (tertiary/aromatic N) is 2. The minimum absolute atomic E-state index is 0.0861. The number of benzene rings is 1. The molecule has 0 aromatic heterocycles. The van der Waals surface area contributed by atoms with E-state index in [2.05, 4.69) is 27.8 Å². The molecule has 1 aromatic rings. The maximum absolute atomic E-state index is 12.4. The van der Waals surface area contributed by atoms with Crippen LogP contribution in [-0.4, -0.2) is 59.6 Å². The van der Waals surface area contributed by atoms with Gasteiger partial charge in [0.25, 0.3) is 5.91 Å². The summed E-state index contributed by atoms with van der Waals surface area (Å²) in [6.45, 7) is 5.39. The molecule has 1 atom stereocenters. The van der Waals surface area contributed by atoms with Crippen LogP contribution in [0.1, 0.15) is 23.7 Å². The predicted octanol–water partition coefficient (Wildman–Crippen LogP) is 1.98. The molecule has 1 heterocycles. The van der Waals surface area contributed by atoms with E-state index < -0.39 is 0 Å². The van der Waals surface area contributed by atoms with Gasteiger partial charge in [0.1, 0.15) is 0 Å². The van der Waals surface area contributed by atoms with Crippen LogP contribution < -0.4 is 0 Å². The first-order valence-electron chi connectivity index (χ1n) is 7.05. The van der Waals surface area contributed by atoms with Crippen molar-refractivity contribution in [3.8, 4) is 0 Å². The van der Waals surface area contributed by atoms with E-state index in [1.165, 1.54) is 0 Å². The van der Waals surface area contributed by atoms with Crippen molar-refractivity contribution in [3.63, 3.8) is 0 Å². The van der Waals surface area contributed by atoms with Crippen molar-refractivity contribution in [1.82, 2.24) is 9.80 Å². The van der Waals surface area contributed by atoms with Crippen molar-refractivity contribution in [2.75, 3.05) is 32.8 Å². The maximum atomic E-state index is 12.4. The van der Waals surface area contributed by atoms with Crippen LogP contribution in [0.5, 0.6) is 0 Å². The number of aliphatic hydroxyl groups is 1. The Hall–Kier alpha value is -0.910. The van der Waals surface area contributed by atoms with E-state index in [0.29, 0.717) is 0 Å². The lowest BCUT2D eigenvalue weighted by Crippen LogP contribution is -2.52. The van der Waals surface area contributed by atoms with E-state index in [-0.39, 0.29) is 18.6 Å². The van der Waals surface area contributed by atoms with Crippen LogP contribution in [0.3, 0.4) is 0 Å². The molecule has 1 aliphatic heterocycles. The maximum Gasteiger partial charge on any atom is 0.253 e. The van der Waals surface area contributed by atoms with Gasteiger partial charge in [0.2, 0.25) is 0 Å². The highest BCUT2D eigenvalue weighted by Gasteiger charge is 2.25. The van der Waals surface area contributed by atoms with Gasteiger partial charge in [-0.3, -0.25) is 9.69 Å². The Kier molecular flexibility index (Phi) is 5.57. The summed E-state index contributed by atoms with van der Waals surface area (Å²) in [5, 5.41) is 9.33. The lowest BCUT2D eigenvalue weighted by atomic mass is 10.1. The fourth-order valence-electron chi connectivity index (χ4n) is 2.60. The summed E-state index contributed by atoms with van der Waals surface area (Å²) in [6.07, 6.45) is 0.941. The van der Waals surface area contributed by atoms with E-state index in [0.717, 1.165) is 42.6 Å². The van der Waals surface area contributed by atoms with Crippen molar-refractivity contribution in [2.24, 2.45) is 0 Å². The van der Waals surface area contributed by atoms with Gasteiger partial charge in [0.15, 0.2) is 0 Å². The molecule has 0 bridgehead atoms. The first kappa shape index (κ1) is 15.5. The SMILES string of the molecule is CC[C@H](CO)N1CCN(C(=O)c2cccc(Br)c2)CC1. The minimum atomic E-state index is 0.0861. The number of halogens is 1. The highest BCUT2D eigenvalue weighted by Crippen LogP contribution is 2.15. The second-order valence-corrected chi connectivity index (χ2v) is 6.00. The largest absolute Gasteiger partial charge is 0.395 e. The van der Waals surface area contributed by atoms with Crippen LogP contribution in [0.4, 0.5) is 0 Å². The summed E-state index contributed by atoms with van der Waals surface area (Å²) in [7, 11) is 0. The molecule has 1 aliphatic rings. The highest BCUT2D eigenvalue weighted by molar-refractivity contribution is 9.10. The van der Waals surface area contributed by atoms with Gasteiger partial charge in [-0.2, -0.15) is 0 Å². The number of aliphatic hydroxyl groups excluding tert-OH is 1. The number of piperazine rings is 1. The Balaban J connectivity index is 1.95. The van der Waals surface area contributed by atoms with E-state index in [1.807, 2.05) is 29.2 Å². The highest BCUT2D eigenvalue weighted by atomic mass is 79.9. The van der Waals surface area contributed by atoms with Gasteiger partial charge in [-0.25, -0.2) is 0 Å². The Morgan fingerprint density at radius 2 is 2.05 bits per heavy atom. The van der Waals surface area contributed by atoms with Crippen molar-refractivity contribution >= 4 is 21.8 Å². The number of carbonyl (C=O) groups is 1. The molecule has 20 heavy (non-hydrogen) atoms. The predicted molar refractivity (Wildman–Crippen MR) is 82.8 cm³/mol. The molecule has 1 amide bonds. The lowest BCUT2D eigenvalue weighted by molar-refractivity contribution is 0.0472. The molecule has 0 radical (unpaired) electrons. The van der Waals surface area contributed by atoms with E-state index in [9.17, 15) is 9.90 Å². The Bertz CT molecular complexity index is 455. The summed E-state index contributed by atoms with van der Waals surface area (Å²) < 4.78 is 0.924. The third-order valence-electron chi connectivity index (χ3n) is 3.87. The number of rotatable bonds is 4. The summed E-state index contributed by atoms with van der Waals surface area (Å²) >= 11 is 3.40. The van der Waals surface area contributed by atoms with Gasteiger partial charge in [-0.15, -0.1) is 0 Å². The standard InChI is InChI=1S/C15H21BrN2O2/c1-2-14(11-19)17-6-8-18(9-7-17)15(20)12-4-3-5-13(16)10-12/h3-5,10,14,19H,2,6-9,11H2,1H3/t14-/m1/s1. The Labute approximate surface area is 128 Å². The van der Waals surface area contributed by atoms with E-state index in [1.54, 1.807) is 0 Å². The average Bonchev–Trinajstić information content (AvgIpc) is 2.48. The van der Waals surface area contributed by atoms with Crippen molar-refractivity contribution < 1.29 is 9.90 Å². The molecule has 2 rings (SSSR count). The molecule has 1 fully saturated rings. The lowest BCUT2D eigenvalue weighted by Gasteiger charge is -2.38. The summed E-state index contributed by atoms with van der Waals surface area (Å²) in [5.74, 6) is 0.0861. The Morgan fingerprint density at radius 3 is 2.60 bits per heavy atom. The second-order valence-electron chi connectivity index (χ2n) is 5.08. The minimum Gasteiger partial charge on any atom is -0.395 e. The number of hydrogen-bond acceptors (Lipinski definition) is 3. The topological polar surface area (TPSA) is 43.8 Å². The van der Waals surface area contributed by atoms with E-state index in [4.69, 9.17) is 0 Å². The quantitative estimate of drug-likeness (QED) is 0.911. The van der Waals surface area contributed by atoms with Crippen molar-refractivity contribution in [1.29, 1.82) is 0 Å². The van der Waals surface area contributed by atoms with Gasteiger partial charge in [-0.1, -0.05) is 28.9 Å². The van der Waals surface area contributed by atoms with Gasteiger partial charge < -0.3 is 10.0 Å². The van der Waals surface area contributed by atoms with Crippen LogP contribution in [0.15, 0.2) is 28.7 Å². The second kappa shape index (κ2) is 7.20. The smallest absolute Gasteiger partial charge is 0.253 e. The Morgan fingerprint density at radius 1 is 1.35 bits per heavy atom. The molecule has 0 unspecified atom stereocenters. The zero-order valence-electron chi connectivity index (χ0n) is 11.8. The van der Waals surface area contributed by atoms with Gasteiger partial charge in [0.05, 0.1) is 6.61 Å². The molecule has 0 saturated carbocycles. The third-order valence-corrected chi connectivity index (χ3v) is 4.36. The molecule has 0 aliphatic carbocycles. The van der Waals surface area contributed by atoms with Crippen LogP contribution in [0.2, 0.25) is 0 Å². The van der Waals surface area contributed by atoms with Crippen LogP contribution in [0, 0.1) is 0 Å². The van der Waals surface area contributed by atoms with E-state index >= 15 is 0 Å². The molecule has 110 valence electrons. The zero-order chi connectivity index (χ0) is 14.5. The molecule has 0 spiro atoms. The fourth-order valence-corrected chi connectivity index (χ4v) is 3.00. The molecule has 1 saturated heterocycles. The third kappa shape index (κ3) is 3.59. The van der Waals surface area contributed by atoms with Crippen LogP contribution in [-0.2, 0) is 0 Å². The molecular formula is C15H21BrN2O2. The zero-order valence-corrected chi connectivity index (χ0v) is 13.3. The molecular weight excluding hydrogens is 320 g/mol. The van der Waals surface area contributed by atoms with Gasteiger partial charge >= 0.3 is 0 Å². The monoisotopic (exact) mass is 340 g/mol. The number of hydrogen-bond donors (Lipinski definition) is 1. The number of carbonyl (C=O) groups excluding carboxylic acids is 1. The van der Waals surface area contributed by atoms with Crippen molar-refractivity contribution in [2.45, 2.75) is 19.4 Å². The fraction of sp³-hybridized carbons (Fsp3) is 0.533. The first-order chi connectivity index (χ1) is 9.65. The van der Waals surface area contributed by atoms with Crippen LogP contribution in [0.25, 0.3) is 0 Å². The van der Waals surface area contributed by atoms with Gasteiger partial charge in [-0.05, 0) is 24.6 Å². The summed E-state index contributed by atoms with van der Waals surface area (Å²) in [6, 6.07) is 7.73. The molecule has 4 nitrogen and oxygen atoms in total. The molecule has 1 aromatic carbocycles. The number of amides is 1. The van der Waals surface area contributed by atoms with Crippen LogP contribution >= 0.6 is 15.9 Å². The molecule has 5 heteroatoms.